The topological polar surface area (TPSA) is 101 Å². The van der Waals surface area contributed by atoms with Gasteiger partial charge in [-0.05, 0) is 23.3 Å². The van der Waals surface area contributed by atoms with Gasteiger partial charge in [-0.3, -0.25) is 0 Å². The number of halogens is 2. The standard InChI is InChI=1S/C13H12Cl2N2OS.HNO3/c14-11-1-2-12(13(15)5-11)10(7-19-9-18)6-17-4-3-16-8-17;2-1(3)4/h1-6,8,18H,7,9H2;(H,2,3,4). The smallest absolute Gasteiger partial charge is 0.291 e. The SMILES string of the molecule is O=[N+]([O-])O.OCSCC(=Cn1ccnc1)c1ccc(Cl)cc1Cl. The highest BCUT2D eigenvalue weighted by atomic mass is 35.5. The lowest BCUT2D eigenvalue weighted by Crippen LogP contribution is -1.94. The number of benzene rings is 1. The molecule has 2 aromatic rings. The van der Waals surface area contributed by atoms with Crippen molar-refractivity contribution in [2.24, 2.45) is 0 Å². The third-order valence-electron chi connectivity index (χ3n) is 2.46. The van der Waals surface area contributed by atoms with Crippen molar-refractivity contribution in [3.05, 3.63) is 62.6 Å². The molecule has 1 heterocycles. The second-order valence-electron chi connectivity index (χ2n) is 4.00. The van der Waals surface area contributed by atoms with Crippen molar-refractivity contribution in [1.29, 1.82) is 0 Å². The van der Waals surface area contributed by atoms with Crippen molar-refractivity contribution >= 4 is 46.7 Å². The maximum atomic E-state index is 8.96. The summed E-state index contributed by atoms with van der Waals surface area (Å²) in [6, 6.07) is 5.39. The highest BCUT2D eigenvalue weighted by molar-refractivity contribution is 7.99. The molecule has 0 atom stereocenters. The lowest BCUT2D eigenvalue weighted by atomic mass is 10.1. The number of thioether (sulfide) groups is 1. The lowest BCUT2D eigenvalue weighted by Gasteiger charge is -2.10. The van der Waals surface area contributed by atoms with E-state index in [9.17, 15) is 0 Å². The first kappa shape index (κ1) is 19.3. The molecule has 7 nitrogen and oxygen atoms in total. The van der Waals surface area contributed by atoms with Crippen molar-refractivity contribution in [2.45, 2.75) is 0 Å². The van der Waals surface area contributed by atoms with E-state index in [1.165, 1.54) is 11.8 Å². The fourth-order valence-corrected chi connectivity index (χ4v) is 2.69. The minimum Gasteiger partial charge on any atom is -0.386 e. The second-order valence-corrected chi connectivity index (χ2v) is 5.80. The van der Waals surface area contributed by atoms with E-state index in [1.54, 1.807) is 24.7 Å². The van der Waals surface area contributed by atoms with E-state index in [4.69, 9.17) is 43.6 Å². The van der Waals surface area contributed by atoms with Crippen LogP contribution < -0.4 is 0 Å². The molecule has 0 amide bonds. The highest BCUT2D eigenvalue weighted by Gasteiger charge is 2.08. The number of hydrogen-bond acceptors (Lipinski definition) is 5. The first-order chi connectivity index (χ1) is 10.9. The van der Waals surface area contributed by atoms with Gasteiger partial charge in [-0.15, -0.1) is 21.9 Å². The zero-order valence-corrected chi connectivity index (χ0v) is 14.0. The van der Waals surface area contributed by atoms with E-state index in [0.717, 1.165) is 11.1 Å². The van der Waals surface area contributed by atoms with Gasteiger partial charge >= 0.3 is 0 Å². The molecule has 0 spiro atoms. The van der Waals surface area contributed by atoms with Gasteiger partial charge in [0.2, 0.25) is 0 Å². The minimum atomic E-state index is -1.50. The van der Waals surface area contributed by atoms with Crippen LogP contribution in [0, 0.1) is 10.1 Å². The van der Waals surface area contributed by atoms with Gasteiger partial charge in [-0.25, -0.2) is 4.98 Å². The third kappa shape index (κ3) is 7.38. The fraction of sp³-hybridized carbons (Fsp3) is 0.154. The number of aliphatic hydroxyl groups is 1. The highest BCUT2D eigenvalue weighted by Crippen LogP contribution is 2.29. The van der Waals surface area contributed by atoms with Crippen LogP contribution in [0.2, 0.25) is 10.0 Å². The number of hydrogen-bond donors (Lipinski definition) is 2. The quantitative estimate of drug-likeness (QED) is 0.469. The molecule has 1 aromatic carbocycles. The van der Waals surface area contributed by atoms with Gasteiger partial charge in [0.1, 0.15) is 0 Å². The predicted octanol–water partition coefficient (Wildman–Crippen LogP) is 3.52. The molecule has 0 bridgehead atoms. The van der Waals surface area contributed by atoms with Crippen LogP contribution in [0.25, 0.3) is 11.8 Å². The largest absolute Gasteiger partial charge is 0.386 e. The first-order valence-corrected chi connectivity index (χ1v) is 8.00. The van der Waals surface area contributed by atoms with Gasteiger partial charge in [0.05, 0.1) is 12.3 Å². The average molecular weight is 378 g/mol. The van der Waals surface area contributed by atoms with Crippen molar-refractivity contribution in [3.8, 4) is 0 Å². The van der Waals surface area contributed by atoms with Crippen LogP contribution in [0.1, 0.15) is 5.56 Å². The molecule has 2 rings (SSSR count). The zero-order valence-electron chi connectivity index (χ0n) is 11.7. The second kappa shape index (κ2) is 10.1. The molecule has 1 aromatic heterocycles. The van der Waals surface area contributed by atoms with E-state index >= 15 is 0 Å². The Balaban J connectivity index is 0.000000593. The molecule has 124 valence electrons. The van der Waals surface area contributed by atoms with E-state index < -0.39 is 5.09 Å². The maximum absolute atomic E-state index is 8.96. The van der Waals surface area contributed by atoms with E-state index in [-0.39, 0.29) is 5.94 Å². The van der Waals surface area contributed by atoms with Gasteiger partial charge in [0.25, 0.3) is 5.09 Å². The van der Waals surface area contributed by atoms with Crippen LogP contribution >= 0.6 is 35.0 Å². The van der Waals surface area contributed by atoms with Crippen LogP contribution in [0.4, 0.5) is 0 Å². The Kier molecular flexibility index (Phi) is 8.49. The summed E-state index contributed by atoms with van der Waals surface area (Å²) in [5.74, 6) is 0.711. The number of imidazole rings is 1. The molecule has 0 fully saturated rings. The van der Waals surface area contributed by atoms with E-state index in [2.05, 4.69) is 4.98 Å². The van der Waals surface area contributed by atoms with Crippen LogP contribution in [0.15, 0.2) is 36.9 Å². The minimum absolute atomic E-state index is 0.0620. The summed E-state index contributed by atoms with van der Waals surface area (Å²) in [5, 5.41) is 23.8. The third-order valence-corrected chi connectivity index (χ3v) is 3.70. The monoisotopic (exact) mass is 377 g/mol. The van der Waals surface area contributed by atoms with Crippen LogP contribution in [-0.4, -0.2) is 36.6 Å². The van der Waals surface area contributed by atoms with Gasteiger partial charge in [-0.2, -0.15) is 0 Å². The first-order valence-electron chi connectivity index (χ1n) is 6.09. The summed E-state index contributed by atoms with van der Waals surface area (Å²) in [7, 11) is 0. The summed E-state index contributed by atoms with van der Waals surface area (Å²) in [4.78, 5) is 12.4. The Morgan fingerprint density at radius 1 is 1.48 bits per heavy atom. The maximum Gasteiger partial charge on any atom is 0.291 e. The number of aromatic nitrogens is 2. The average Bonchev–Trinajstić information content (AvgIpc) is 2.96. The van der Waals surface area contributed by atoms with Crippen molar-refractivity contribution in [1.82, 2.24) is 9.55 Å². The molecular weight excluding hydrogens is 365 g/mol. The van der Waals surface area contributed by atoms with Crippen LogP contribution in [-0.2, 0) is 0 Å². The van der Waals surface area contributed by atoms with Gasteiger partial charge < -0.3 is 14.9 Å². The summed E-state index contributed by atoms with van der Waals surface area (Å²) < 4.78 is 1.85. The Labute approximate surface area is 146 Å². The molecule has 0 radical (unpaired) electrons. The Bertz CT molecular complexity index is 661. The summed E-state index contributed by atoms with van der Waals surface area (Å²) in [6.07, 6.45) is 7.18. The van der Waals surface area contributed by atoms with Crippen molar-refractivity contribution in [3.63, 3.8) is 0 Å². The van der Waals surface area contributed by atoms with E-state index in [1.807, 2.05) is 23.0 Å². The number of nitrogens with zero attached hydrogens (tertiary/aromatic N) is 3. The summed E-state index contributed by atoms with van der Waals surface area (Å²) in [6.45, 7) is 0. The molecule has 0 aliphatic rings. The van der Waals surface area contributed by atoms with Crippen LogP contribution in [0.3, 0.4) is 0 Å². The Morgan fingerprint density at radius 3 is 2.70 bits per heavy atom. The zero-order chi connectivity index (χ0) is 17.2. The molecular formula is C13H13Cl2N3O4S. The molecule has 0 unspecified atom stereocenters. The van der Waals surface area contributed by atoms with Crippen molar-refractivity contribution in [2.75, 3.05) is 11.7 Å². The molecule has 23 heavy (non-hydrogen) atoms. The molecule has 0 aliphatic carbocycles. The van der Waals surface area contributed by atoms with Gasteiger partial charge in [-0.1, -0.05) is 29.3 Å². The van der Waals surface area contributed by atoms with Gasteiger partial charge in [0, 0.05) is 34.4 Å². The van der Waals surface area contributed by atoms with E-state index in [0.29, 0.717) is 15.8 Å². The summed E-state index contributed by atoms with van der Waals surface area (Å²) >= 11 is 13.5. The molecule has 0 saturated heterocycles. The van der Waals surface area contributed by atoms with Crippen molar-refractivity contribution < 1.29 is 15.4 Å². The number of aliphatic hydroxyl groups excluding tert-OH is 1. The number of rotatable bonds is 5. The molecule has 0 aliphatic heterocycles. The molecule has 2 N–H and O–H groups in total. The lowest BCUT2D eigenvalue weighted by molar-refractivity contribution is -0.742. The Morgan fingerprint density at radius 2 is 2.17 bits per heavy atom. The predicted molar refractivity (Wildman–Crippen MR) is 91.2 cm³/mol. The molecule has 10 heteroatoms. The van der Waals surface area contributed by atoms with Crippen LogP contribution in [0.5, 0.6) is 0 Å². The Hall–Kier alpha value is -1.74. The fourth-order valence-electron chi connectivity index (χ4n) is 1.62. The molecule has 0 saturated carbocycles. The summed E-state index contributed by atoms with van der Waals surface area (Å²) in [5.41, 5.74) is 1.90. The van der Waals surface area contributed by atoms with Gasteiger partial charge in [0.15, 0.2) is 0 Å². The normalized spacial score (nSPS) is 10.8.